The first kappa shape index (κ1) is 12.6. The summed E-state index contributed by atoms with van der Waals surface area (Å²) < 4.78 is 10.7. The smallest absolute Gasteiger partial charge is 0.321 e. The predicted molar refractivity (Wildman–Crippen MR) is 68.5 cm³/mol. The Morgan fingerprint density at radius 1 is 1.06 bits per heavy atom. The van der Waals surface area contributed by atoms with E-state index in [1.807, 2.05) is 12.1 Å². The summed E-state index contributed by atoms with van der Waals surface area (Å²) in [6.07, 6.45) is 4.60. The lowest BCUT2D eigenvalue weighted by Crippen LogP contribution is -1.86. The molecule has 2 rings (SSSR count). The van der Waals surface area contributed by atoms with Crippen LogP contribution in [0, 0.1) is 0 Å². The van der Waals surface area contributed by atoms with Crippen LogP contribution in [0.1, 0.15) is 5.56 Å². The molecule has 0 aliphatic carbocycles. The quantitative estimate of drug-likeness (QED) is 0.829. The van der Waals surface area contributed by atoms with Gasteiger partial charge in [0.1, 0.15) is 0 Å². The van der Waals surface area contributed by atoms with Crippen LogP contribution in [-0.2, 0) is 4.57 Å². The van der Waals surface area contributed by atoms with E-state index >= 15 is 0 Å². The third-order valence-corrected chi connectivity index (χ3v) is 2.71. The van der Waals surface area contributed by atoms with Gasteiger partial charge >= 0.3 is 7.60 Å². The molecule has 18 heavy (non-hydrogen) atoms. The molecule has 0 amide bonds. The van der Waals surface area contributed by atoms with Gasteiger partial charge in [-0.15, -0.1) is 0 Å². The first-order chi connectivity index (χ1) is 8.54. The van der Waals surface area contributed by atoms with Crippen molar-refractivity contribution in [2.75, 3.05) is 0 Å². The number of aromatic nitrogens is 2. The van der Waals surface area contributed by atoms with E-state index < -0.39 is 7.60 Å². The van der Waals surface area contributed by atoms with Crippen molar-refractivity contribution in [1.82, 2.24) is 9.97 Å². The van der Waals surface area contributed by atoms with Crippen LogP contribution in [0.15, 0.2) is 48.5 Å². The molecule has 0 aromatic carbocycles. The van der Waals surface area contributed by atoms with Gasteiger partial charge in [0, 0.05) is 18.2 Å². The first-order valence-corrected chi connectivity index (χ1v) is 6.85. The second-order valence-corrected chi connectivity index (χ2v) is 5.07. The number of rotatable bonds is 3. The zero-order valence-corrected chi connectivity index (χ0v) is 10.2. The Morgan fingerprint density at radius 3 is 2.50 bits per heavy atom. The second-order valence-electron chi connectivity index (χ2n) is 3.59. The van der Waals surface area contributed by atoms with Crippen molar-refractivity contribution in [2.24, 2.45) is 0 Å². The molecule has 2 aromatic rings. The summed E-state index contributed by atoms with van der Waals surface area (Å²) in [5.74, 6) is 0.866. The summed E-state index contributed by atoms with van der Waals surface area (Å²) in [7, 11) is -4.13. The molecule has 6 heteroatoms. The Bertz CT molecular complexity index is 608. The fraction of sp³-hybridized carbons (Fsp3) is 0. The highest BCUT2D eigenvalue weighted by Crippen LogP contribution is 2.36. The predicted octanol–water partition coefficient (Wildman–Crippen LogP) is 2.29. The minimum absolute atomic E-state index is 0.656. The van der Waals surface area contributed by atoms with Crippen LogP contribution in [0.5, 0.6) is 0 Å². The van der Waals surface area contributed by atoms with Crippen molar-refractivity contribution in [1.29, 1.82) is 0 Å². The molecule has 0 aliphatic rings. The summed E-state index contributed by atoms with van der Waals surface area (Å²) in [5, 5.41) is 0. The van der Waals surface area contributed by atoms with Gasteiger partial charge in [0.2, 0.25) is 0 Å². The van der Waals surface area contributed by atoms with Gasteiger partial charge in [-0.25, -0.2) is 0 Å². The van der Waals surface area contributed by atoms with Crippen LogP contribution in [0.3, 0.4) is 0 Å². The molecule has 2 aromatic heterocycles. The molecule has 0 saturated carbocycles. The lowest BCUT2D eigenvalue weighted by atomic mass is 10.2. The van der Waals surface area contributed by atoms with Crippen LogP contribution in [0.25, 0.3) is 17.5 Å². The average Bonchev–Trinajstić information content (AvgIpc) is 2.37. The number of nitrogens with zero attached hydrogens (tertiary/aromatic N) is 2. The zero-order chi connectivity index (χ0) is 13.0. The van der Waals surface area contributed by atoms with Gasteiger partial charge in [0.25, 0.3) is 0 Å². The molecule has 0 spiro atoms. The van der Waals surface area contributed by atoms with Gasteiger partial charge in [-0.2, -0.15) is 0 Å². The highest BCUT2D eigenvalue weighted by molar-refractivity contribution is 7.55. The van der Waals surface area contributed by atoms with Gasteiger partial charge in [-0.3, -0.25) is 14.5 Å². The molecular formula is C12H11N2O3P. The minimum atomic E-state index is -4.13. The Balaban J connectivity index is 2.32. The van der Waals surface area contributed by atoms with Crippen molar-refractivity contribution in [3.63, 3.8) is 0 Å². The molecule has 5 nitrogen and oxygen atoms in total. The Hall–Kier alpha value is -1.81. The van der Waals surface area contributed by atoms with E-state index in [4.69, 9.17) is 9.79 Å². The highest BCUT2D eigenvalue weighted by Gasteiger charge is 2.06. The zero-order valence-electron chi connectivity index (χ0n) is 9.34. The van der Waals surface area contributed by atoms with Gasteiger partial charge in [-0.05, 0) is 35.9 Å². The number of hydrogen-bond donors (Lipinski definition) is 2. The van der Waals surface area contributed by atoms with E-state index in [1.54, 1.807) is 30.6 Å². The van der Waals surface area contributed by atoms with Crippen molar-refractivity contribution in [3.8, 4) is 11.4 Å². The molecule has 0 aliphatic heterocycles. The van der Waals surface area contributed by atoms with E-state index in [1.165, 1.54) is 6.08 Å². The summed E-state index contributed by atoms with van der Waals surface area (Å²) in [5.41, 5.74) is 2.03. The molecule has 0 radical (unpaired) electrons. The molecule has 0 bridgehead atoms. The Labute approximate surface area is 104 Å². The summed E-state index contributed by atoms with van der Waals surface area (Å²) in [6.45, 7) is 0. The number of hydrogen-bond acceptors (Lipinski definition) is 3. The normalized spacial score (nSPS) is 11.9. The van der Waals surface area contributed by atoms with E-state index in [2.05, 4.69) is 9.97 Å². The molecule has 0 fully saturated rings. The molecule has 2 heterocycles. The van der Waals surface area contributed by atoms with E-state index in [9.17, 15) is 4.57 Å². The number of pyridine rings is 2. The van der Waals surface area contributed by atoms with Crippen molar-refractivity contribution >= 4 is 13.7 Å². The fourth-order valence-corrected chi connectivity index (χ4v) is 1.75. The summed E-state index contributed by atoms with van der Waals surface area (Å²) >= 11 is 0. The fourth-order valence-electron chi connectivity index (χ4n) is 1.39. The van der Waals surface area contributed by atoms with Crippen LogP contribution in [0.4, 0.5) is 0 Å². The summed E-state index contributed by atoms with van der Waals surface area (Å²) in [4.78, 5) is 25.8. The molecular weight excluding hydrogens is 251 g/mol. The highest BCUT2D eigenvalue weighted by atomic mass is 31.2. The Kier molecular flexibility index (Phi) is 3.67. The third-order valence-electron chi connectivity index (χ3n) is 2.17. The van der Waals surface area contributed by atoms with Crippen LogP contribution < -0.4 is 0 Å². The van der Waals surface area contributed by atoms with E-state index in [0.717, 1.165) is 5.82 Å². The van der Waals surface area contributed by atoms with Crippen LogP contribution >= 0.6 is 7.60 Å². The van der Waals surface area contributed by atoms with Gasteiger partial charge in [-0.1, -0.05) is 6.07 Å². The molecule has 92 valence electrons. The summed E-state index contributed by atoms with van der Waals surface area (Å²) in [6, 6.07) is 8.86. The largest absolute Gasteiger partial charge is 0.349 e. The standard InChI is InChI=1S/C12H11N2O3P/c15-18(16,17)8-5-10-4-7-14-12(9-10)11-3-1-2-6-13-11/h1-9H,(H2,15,16,17)/b8-5+. The molecule has 0 unspecified atom stereocenters. The first-order valence-electron chi connectivity index (χ1n) is 5.16. The van der Waals surface area contributed by atoms with Crippen molar-refractivity contribution < 1.29 is 14.4 Å². The van der Waals surface area contributed by atoms with Gasteiger partial charge in [0.15, 0.2) is 0 Å². The Morgan fingerprint density at radius 2 is 1.83 bits per heavy atom. The van der Waals surface area contributed by atoms with Crippen molar-refractivity contribution in [2.45, 2.75) is 0 Å². The van der Waals surface area contributed by atoms with Crippen molar-refractivity contribution in [3.05, 3.63) is 54.1 Å². The lowest BCUT2D eigenvalue weighted by Gasteiger charge is -2.01. The van der Waals surface area contributed by atoms with Crippen LogP contribution in [-0.4, -0.2) is 19.8 Å². The van der Waals surface area contributed by atoms with E-state index in [0.29, 0.717) is 17.0 Å². The third kappa shape index (κ3) is 3.60. The SMILES string of the molecule is O=P(O)(O)/C=C/c1ccnc(-c2ccccn2)c1. The van der Waals surface area contributed by atoms with Gasteiger partial charge in [0.05, 0.1) is 11.4 Å². The molecule has 0 saturated heterocycles. The van der Waals surface area contributed by atoms with Gasteiger partial charge < -0.3 is 9.79 Å². The second kappa shape index (κ2) is 5.23. The maximum Gasteiger partial charge on any atom is 0.349 e. The molecule has 2 N–H and O–H groups in total. The maximum absolute atomic E-state index is 10.7. The average molecular weight is 262 g/mol. The van der Waals surface area contributed by atoms with Crippen LogP contribution in [0.2, 0.25) is 0 Å². The molecule has 0 atom stereocenters. The maximum atomic E-state index is 10.7. The minimum Gasteiger partial charge on any atom is -0.321 e. The topological polar surface area (TPSA) is 83.3 Å². The lowest BCUT2D eigenvalue weighted by molar-refractivity contribution is 0.386. The van der Waals surface area contributed by atoms with E-state index in [-0.39, 0.29) is 0 Å². The monoisotopic (exact) mass is 262 g/mol.